The fourth-order valence-electron chi connectivity index (χ4n) is 2.37. The minimum Gasteiger partial charge on any atom is -0.322 e. The molecule has 0 aliphatic carbocycles. The first-order valence-electron chi connectivity index (χ1n) is 6.99. The number of benzene rings is 2. The van der Waals surface area contributed by atoms with E-state index in [0.29, 0.717) is 5.56 Å². The molecule has 4 heteroatoms. The van der Waals surface area contributed by atoms with Crippen LogP contribution in [-0.4, -0.2) is 17.1 Å². The Bertz CT molecular complexity index is 828. The zero-order chi connectivity index (χ0) is 15.5. The predicted molar refractivity (Wildman–Crippen MR) is 92.7 cm³/mol. The van der Waals surface area contributed by atoms with Gasteiger partial charge in [-0.2, -0.15) is 0 Å². The first-order chi connectivity index (χ1) is 10.7. The van der Waals surface area contributed by atoms with E-state index in [2.05, 4.69) is 10.3 Å². The topological polar surface area (TPSA) is 42.0 Å². The fraction of sp³-hybridized carbons (Fsp3) is 0.111. The monoisotopic (exact) mass is 308 g/mol. The number of anilines is 1. The number of aryl methyl sites for hydroxylation is 1. The lowest BCUT2D eigenvalue weighted by Gasteiger charge is -2.09. The summed E-state index contributed by atoms with van der Waals surface area (Å²) in [5, 5.41) is 3.82. The van der Waals surface area contributed by atoms with E-state index < -0.39 is 0 Å². The summed E-state index contributed by atoms with van der Waals surface area (Å²) in [7, 11) is 0. The Morgan fingerprint density at radius 3 is 2.55 bits per heavy atom. The van der Waals surface area contributed by atoms with Crippen LogP contribution in [0.15, 0.2) is 59.5 Å². The molecule has 1 aromatic heterocycles. The second kappa shape index (κ2) is 6.20. The number of aromatic nitrogens is 1. The lowest BCUT2D eigenvalue weighted by Crippen LogP contribution is -2.13. The molecule has 1 heterocycles. The van der Waals surface area contributed by atoms with Crippen molar-refractivity contribution in [3.05, 3.63) is 65.9 Å². The number of hydrogen-bond acceptors (Lipinski definition) is 3. The Morgan fingerprint density at radius 1 is 1.09 bits per heavy atom. The van der Waals surface area contributed by atoms with Crippen LogP contribution in [-0.2, 0) is 0 Å². The number of nitrogens with zero attached hydrogens (tertiary/aromatic N) is 1. The van der Waals surface area contributed by atoms with Crippen molar-refractivity contribution < 1.29 is 4.79 Å². The quantitative estimate of drug-likeness (QED) is 0.723. The van der Waals surface area contributed by atoms with Gasteiger partial charge in [-0.1, -0.05) is 18.2 Å². The molecule has 0 radical (unpaired) electrons. The molecule has 0 saturated carbocycles. The molecule has 1 N–H and O–H groups in total. The van der Waals surface area contributed by atoms with Crippen LogP contribution in [0.4, 0.5) is 5.69 Å². The molecule has 1 amide bonds. The molecule has 110 valence electrons. The molecule has 3 nitrogen and oxygen atoms in total. The van der Waals surface area contributed by atoms with Gasteiger partial charge in [0.1, 0.15) is 0 Å². The second-order valence-electron chi connectivity index (χ2n) is 5.01. The molecular formula is C18H16N2OS. The summed E-state index contributed by atoms with van der Waals surface area (Å²) >= 11 is 1.68. The number of rotatable bonds is 3. The van der Waals surface area contributed by atoms with Crippen molar-refractivity contribution in [2.45, 2.75) is 11.8 Å². The Balaban J connectivity index is 1.94. The van der Waals surface area contributed by atoms with Crippen LogP contribution < -0.4 is 5.32 Å². The van der Waals surface area contributed by atoms with E-state index >= 15 is 0 Å². The van der Waals surface area contributed by atoms with Gasteiger partial charge in [0, 0.05) is 21.7 Å². The van der Waals surface area contributed by atoms with Gasteiger partial charge in [-0.3, -0.25) is 9.78 Å². The van der Waals surface area contributed by atoms with Crippen LogP contribution in [0.5, 0.6) is 0 Å². The van der Waals surface area contributed by atoms with Gasteiger partial charge in [-0.25, -0.2) is 0 Å². The number of hydrogen-bond donors (Lipinski definition) is 1. The van der Waals surface area contributed by atoms with Crippen molar-refractivity contribution in [1.82, 2.24) is 4.98 Å². The maximum absolute atomic E-state index is 12.6. The first kappa shape index (κ1) is 14.6. The van der Waals surface area contributed by atoms with Gasteiger partial charge >= 0.3 is 0 Å². The number of para-hydroxylation sites is 1. The largest absolute Gasteiger partial charge is 0.322 e. The highest BCUT2D eigenvalue weighted by Crippen LogP contribution is 2.21. The van der Waals surface area contributed by atoms with Crippen molar-refractivity contribution in [1.29, 1.82) is 0 Å². The smallest absolute Gasteiger partial charge is 0.256 e. The third kappa shape index (κ3) is 2.97. The van der Waals surface area contributed by atoms with Gasteiger partial charge in [-0.05, 0) is 49.6 Å². The van der Waals surface area contributed by atoms with Crippen molar-refractivity contribution in [3.63, 3.8) is 0 Å². The lowest BCUT2D eigenvalue weighted by molar-refractivity contribution is 0.102. The molecule has 0 aliphatic heterocycles. The zero-order valence-corrected chi connectivity index (χ0v) is 13.3. The highest BCUT2D eigenvalue weighted by Gasteiger charge is 2.12. The molecular weight excluding hydrogens is 292 g/mol. The molecule has 0 unspecified atom stereocenters. The summed E-state index contributed by atoms with van der Waals surface area (Å²) < 4.78 is 0. The molecule has 0 atom stereocenters. The number of fused-ring (bicyclic) bond motifs is 1. The summed E-state index contributed by atoms with van der Waals surface area (Å²) in [5.74, 6) is -0.112. The van der Waals surface area contributed by atoms with Crippen LogP contribution in [0.1, 0.15) is 16.1 Å². The number of nitrogens with one attached hydrogen (secondary N) is 1. The van der Waals surface area contributed by atoms with Crippen molar-refractivity contribution in [2.24, 2.45) is 0 Å². The maximum atomic E-state index is 12.6. The minimum atomic E-state index is -0.112. The third-order valence-electron chi connectivity index (χ3n) is 3.44. The number of pyridine rings is 1. The van der Waals surface area contributed by atoms with Gasteiger partial charge < -0.3 is 5.32 Å². The van der Waals surface area contributed by atoms with Gasteiger partial charge in [-0.15, -0.1) is 11.8 Å². The lowest BCUT2D eigenvalue weighted by atomic mass is 10.1. The van der Waals surface area contributed by atoms with Crippen LogP contribution in [0.3, 0.4) is 0 Å². The molecule has 0 aliphatic rings. The number of amides is 1. The second-order valence-corrected chi connectivity index (χ2v) is 5.89. The van der Waals surface area contributed by atoms with E-state index in [9.17, 15) is 4.79 Å². The van der Waals surface area contributed by atoms with Crippen molar-refractivity contribution >= 4 is 34.3 Å². The highest BCUT2D eigenvalue weighted by molar-refractivity contribution is 7.98. The highest BCUT2D eigenvalue weighted by atomic mass is 32.2. The van der Waals surface area contributed by atoms with Crippen LogP contribution in [0, 0.1) is 6.92 Å². The third-order valence-corrected chi connectivity index (χ3v) is 4.18. The normalized spacial score (nSPS) is 10.6. The number of carbonyl (C=O) groups is 1. The average molecular weight is 308 g/mol. The SMILES string of the molecule is CSc1ccc(NC(=O)c2cc(C)nc3ccccc23)cc1. The number of carbonyl (C=O) groups excluding carboxylic acids is 1. The van der Waals surface area contributed by atoms with Gasteiger partial charge in [0.25, 0.3) is 5.91 Å². The summed E-state index contributed by atoms with van der Waals surface area (Å²) in [6.45, 7) is 1.90. The Morgan fingerprint density at radius 2 is 1.82 bits per heavy atom. The summed E-state index contributed by atoms with van der Waals surface area (Å²) in [5.41, 5.74) is 3.12. The number of thioether (sulfide) groups is 1. The molecule has 22 heavy (non-hydrogen) atoms. The molecule has 0 saturated heterocycles. The van der Waals surface area contributed by atoms with Gasteiger partial charge in [0.05, 0.1) is 11.1 Å². The van der Waals surface area contributed by atoms with Crippen LogP contribution >= 0.6 is 11.8 Å². The van der Waals surface area contributed by atoms with E-state index in [-0.39, 0.29) is 5.91 Å². The molecule has 2 aromatic carbocycles. The summed E-state index contributed by atoms with van der Waals surface area (Å²) in [6.07, 6.45) is 2.03. The molecule has 3 rings (SSSR count). The van der Waals surface area contributed by atoms with E-state index in [4.69, 9.17) is 0 Å². The zero-order valence-electron chi connectivity index (χ0n) is 12.5. The first-order valence-corrected chi connectivity index (χ1v) is 8.21. The van der Waals surface area contributed by atoms with E-state index in [1.165, 1.54) is 4.90 Å². The average Bonchev–Trinajstić information content (AvgIpc) is 2.54. The Kier molecular flexibility index (Phi) is 4.11. The van der Waals surface area contributed by atoms with Crippen LogP contribution in [0.2, 0.25) is 0 Å². The molecule has 0 spiro atoms. The van der Waals surface area contributed by atoms with E-state index in [1.807, 2.05) is 67.8 Å². The summed E-state index contributed by atoms with van der Waals surface area (Å²) in [4.78, 5) is 18.2. The van der Waals surface area contributed by atoms with Crippen LogP contribution in [0.25, 0.3) is 10.9 Å². The van der Waals surface area contributed by atoms with E-state index in [1.54, 1.807) is 11.8 Å². The minimum absolute atomic E-state index is 0.112. The van der Waals surface area contributed by atoms with Gasteiger partial charge in [0.15, 0.2) is 0 Å². The fourth-order valence-corrected chi connectivity index (χ4v) is 2.78. The predicted octanol–water partition coefficient (Wildman–Crippen LogP) is 4.52. The van der Waals surface area contributed by atoms with Gasteiger partial charge in [0.2, 0.25) is 0 Å². The molecule has 0 fully saturated rings. The van der Waals surface area contributed by atoms with E-state index in [0.717, 1.165) is 22.3 Å². The molecule has 3 aromatic rings. The Hall–Kier alpha value is -2.33. The van der Waals surface area contributed by atoms with Crippen molar-refractivity contribution in [3.8, 4) is 0 Å². The standard InChI is InChI=1S/C18H16N2OS/c1-12-11-16(15-5-3-4-6-17(15)19-12)18(21)20-13-7-9-14(22-2)10-8-13/h3-11H,1-2H3,(H,20,21). The summed E-state index contributed by atoms with van der Waals surface area (Å²) in [6, 6.07) is 17.3. The maximum Gasteiger partial charge on any atom is 0.256 e. The van der Waals surface area contributed by atoms with Crippen molar-refractivity contribution in [2.75, 3.05) is 11.6 Å². The molecule has 0 bridgehead atoms. The Labute approximate surface area is 133 Å².